The second kappa shape index (κ2) is 10.0. The fraction of sp³-hybridized carbons (Fsp3) is 0.273. The van der Waals surface area contributed by atoms with Crippen LogP contribution in [0, 0.1) is 0 Å². The molecule has 162 valence electrons. The van der Waals surface area contributed by atoms with Crippen LogP contribution in [0.5, 0.6) is 0 Å². The van der Waals surface area contributed by atoms with E-state index in [0.29, 0.717) is 21.7 Å². The van der Waals surface area contributed by atoms with Gasteiger partial charge < -0.3 is 19.5 Å². The Morgan fingerprint density at radius 2 is 1.74 bits per heavy atom. The van der Waals surface area contributed by atoms with Crippen LogP contribution >= 0.6 is 11.3 Å². The van der Waals surface area contributed by atoms with Gasteiger partial charge in [-0.2, -0.15) is 0 Å². The number of hydrogen-bond donors (Lipinski definition) is 1. The number of carbonyl (C=O) groups is 4. The number of thiophene rings is 1. The zero-order valence-electron chi connectivity index (χ0n) is 17.1. The molecule has 0 saturated carbocycles. The number of aryl methyl sites for hydroxylation is 1. The predicted octanol–water partition coefficient (Wildman–Crippen LogP) is 3.01. The van der Waals surface area contributed by atoms with Crippen LogP contribution in [0.4, 0.5) is 5.00 Å². The number of carbonyl (C=O) groups excluding carboxylic acids is 4. The van der Waals surface area contributed by atoms with Crippen LogP contribution < -0.4 is 5.32 Å². The second-order valence-corrected chi connectivity index (χ2v) is 7.76. The first-order valence-corrected chi connectivity index (χ1v) is 10.3. The largest absolute Gasteiger partial charge is 0.465 e. The van der Waals surface area contributed by atoms with Gasteiger partial charge in [0.1, 0.15) is 5.00 Å². The average Bonchev–Trinajstić information content (AvgIpc) is 3.36. The third-order valence-electron chi connectivity index (χ3n) is 4.65. The zero-order valence-corrected chi connectivity index (χ0v) is 17.9. The van der Waals surface area contributed by atoms with Crippen molar-refractivity contribution in [2.24, 2.45) is 0 Å². The summed E-state index contributed by atoms with van der Waals surface area (Å²) in [6.45, 7) is -0.492. The van der Waals surface area contributed by atoms with E-state index in [-0.39, 0.29) is 0 Å². The fourth-order valence-electron chi connectivity index (χ4n) is 3.17. The maximum absolute atomic E-state index is 12.2. The van der Waals surface area contributed by atoms with Gasteiger partial charge in [0.25, 0.3) is 5.91 Å². The molecule has 0 spiro atoms. The van der Waals surface area contributed by atoms with Crippen molar-refractivity contribution >= 4 is 46.2 Å². The number of anilines is 1. The first-order chi connectivity index (χ1) is 14.9. The van der Waals surface area contributed by atoms with Crippen molar-refractivity contribution in [2.45, 2.75) is 19.3 Å². The second-order valence-electron chi connectivity index (χ2n) is 6.66. The fourth-order valence-corrected chi connectivity index (χ4v) is 4.46. The maximum atomic E-state index is 12.2. The molecule has 2 aromatic rings. The van der Waals surface area contributed by atoms with Gasteiger partial charge in [-0.05, 0) is 48.6 Å². The third-order valence-corrected chi connectivity index (χ3v) is 5.86. The summed E-state index contributed by atoms with van der Waals surface area (Å²) in [7, 11) is 2.59. The highest BCUT2D eigenvalue weighted by atomic mass is 32.1. The molecule has 0 unspecified atom stereocenters. The van der Waals surface area contributed by atoms with Crippen LogP contribution in [0.3, 0.4) is 0 Å². The number of methoxy groups -OCH3 is 2. The quantitative estimate of drug-likeness (QED) is 0.398. The number of benzene rings is 1. The summed E-state index contributed by atoms with van der Waals surface area (Å²) in [5, 5.41) is 3.06. The summed E-state index contributed by atoms with van der Waals surface area (Å²) in [6.07, 6.45) is 5.28. The molecule has 1 amide bonds. The van der Waals surface area contributed by atoms with Crippen LogP contribution in [0.2, 0.25) is 0 Å². The normalized spacial score (nSPS) is 12.3. The molecule has 1 aromatic heterocycles. The Morgan fingerprint density at radius 1 is 1.03 bits per heavy atom. The minimum absolute atomic E-state index is 0.384. The van der Waals surface area contributed by atoms with Crippen LogP contribution in [-0.4, -0.2) is 44.6 Å². The predicted molar refractivity (Wildman–Crippen MR) is 114 cm³/mol. The molecular weight excluding hydrogens is 422 g/mol. The molecule has 0 fully saturated rings. The van der Waals surface area contributed by atoms with Crippen molar-refractivity contribution in [1.29, 1.82) is 0 Å². The van der Waals surface area contributed by atoms with Gasteiger partial charge in [0.05, 0.1) is 25.3 Å². The smallest absolute Gasteiger partial charge is 0.341 e. The minimum atomic E-state index is -0.700. The number of hydrogen-bond acceptors (Lipinski definition) is 8. The van der Waals surface area contributed by atoms with Crippen LogP contribution in [0.25, 0.3) is 6.08 Å². The lowest BCUT2D eigenvalue weighted by molar-refractivity contribution is -0.142. The number of amides is 1. The molecule has 1 aromatic carbocycles. The van der Waals surface area contributed by atoms with Gasteiger partial charge in [-0.15, -0.1) is 11.3 Å². The van der Waals surface area contributed by atoms with E-state index in [4.69, 9.17) is 9.47 Å². The molecule has 1 N–H and O–H groups in total. The lowest BCUT2D eigenvalue weighted by Crippen LogP contribution is -2.21. The first-order valence-electron chi connectivity index (χ1n) is 9.49. The molecule has 9 heteroatoms. The molecule has 0 radical (unpaired) electrons. The number of fused-ring (bicyclic) bond motifs is 1. The van der Waals surface area contributed by atoms with Crippen molar-refractivity contribution in [1.82, 2.24) is 0 Å². The number of rotatable bonds is 7. The summed E-state index contributed by atoms with van der Waals surface area (Å²) in [6, 6.07) is 6.43. The molecule has 31 heavy (non-hydrogen) atoms. The molecule has 1 aliphatic rings. The molecule has 8 nitrogen and oxygen atoms in total. The highest BCUT2D eigenvalue weighted by molar-refractivity contribution is 7.17. The summed E-state index contributed by atoms with van der Waals surface area (Å²) in [4.78, 5) is 48.7. The number of nitrogens with one attached hydrogen (secondary N) is 1. The molecule has 3 rings (SSSR count). The van der Waals surface area contributed by atoms with Crippen molar-refractivity contribution < 1.29 is 33.4 Å². The Bertz CT molecular complexity index is 1040. The summed E-state index contributed by atoms with van der Waals surface area (Å²) < 4.78 is 14.4. The van der Waals surface area contributed by atoms with Crippen molar-refractivity contribution in [2.75, 3.05) is 26.1 Å². The van der Waals surface area contributed by atoms with Gasteiger partial charge in [0.15, 0.2) is 6.61 Å². The monoisotopic (exact) mass is 443 g/mol. The standard InChI is InChI=1S/C22H21NO7S/c1-28-21(26)14-9-6-13(7-10-14)8-11-18(25)30-12-17(24)23-20-19(22(27)29-2)15-4-3-5-16(15)31-20/h6-11H,3-5,12H2,1-2H3,(H,23,24)/b11-8+. The lowest BCUT2D eigenvalue weighted by atomic mass is 10.1. The summed E-state index contributed by atoms with van der Waals surface area (Å²) in [5.41, 5.74) is 2.37. The Kier molecular flexibility index (Phi) is 7.19. The molecule has 1 aliphatic carbocycles. The van der Waals surface area contributed by atoms with E-state index in [1.165, 1.54) is 37.7 Å². The van der Waals surface area contributed by atoms with Crippen molar-refractivity contribution in [3.05, 3.63) is 57.5 Å². The number of ether oxygens (including phenoxy) is 3. The third kappa shape index (κ3) is 5.37. The first kappa shape index (κ1) is 22.2. The van der Waals surface area contributed by atoms with E-state index in [0.717, 1.165) is 29.7 Å². The molecule has 0 saturated heterocycles. The van der Waals surface area contributed by atoms with Crippen molar-refractivity contribution in [3.8, 4) is 0 Å². The van der Waals surface area contributed by atoms with Crippen LogP contribution in [0.1, 0.15) is 43.1 Å². The van der Waals surface area contributed by atoms with Gasteiger partial charge in [-0.25, -0.2) is 14.4 Å². The van der Waals surface area contributed by atoms with Gasteiger partial charge in [0.2, 0.25) is 0 Å². The Labute approximate surface area is 182 Å². The average molecular weight is 443 g/mol. The Morgan fingerprint density at radius 3 is 2.42 bits per heavy atom. The molecular formula is C22H21NO7S. The van der Waals surface area contributed by atoms with Gasteiger partial charge >= 0.3 is 17.9 Å². The Hall–Kier alpha value is -3.46. The maximum Gasteiger partial charge on any atom is 0.341 e. The molecule has 0 atom stereocenters. The van der Waals surface area contributed by atoms with Crippen molar-refractivity contribution in [3.63, 3.8) is 0 Å². The topological polar surface area (TPSA) is 108 Å². The van der Waals surface area contributed by atoms with Gasteiger partial charge in [0, 0.05) is 11.0 Å². The van der Waals surface area contributed by atoms with Gasteiger partial charge in [-0.3, -0.25) is 4.79 Å². The van der Waals surface area contributed by atoms with Gasteiger partial charge in [-0.1, -0.05) is 12.1 Å². The van der Waals surface area contributed by atoms with E-state index < -0.39 is 30.4 Å². The molecule has 0 aliphatic heterocycles. The zero-order chi connectivity index (χ0) is 22.4. The van der Waals surface area contributed by atoms with E-state index in [9.17, 15) is 19.2 Å². The summed E-state index contributed by atoms with van der Waals surface area (Å²) in [5.74, 6) is -2.19. The molecule has 0 bridgehead atoms. The Balaban J connectivity index is 1.54. The minimum Gasteiger partial charge on any atom is -0.465 e. The summed E-state index contributed by atoms with van der Waals surface area (Å²) >= 11 is 1.35. The molecule has 1 heterocycles. The van der Waals surface area contributed by atoms with E-state index in [2.05, 4.69) is 10.1 Å². The van der Waals surface area contributed by atoms with E-state index in [1.54, 1.807) is 24.3 Å². The van der Waals surface area contributed by atoms with Crippen LogP contribution in [-0.2, 0) is 36.6 Å². The lowest BCUT2D eigenvalue weighted by Gasteiger charge is -2.07. The highest BCUT2D eigenvalue weighted by Crippen LogP contribution is 2.39. The highest BCUT2D eigenvalue weighted by Gasteiger charge is 2.28. The van der Waals surface area contributed by atoms with E-state index in [1.807, 2.05) is 0 Å². The van der Waals surface area contributed by atoms with Crippen LogP contribution in [0.15, 0.2) is 30.3 Å². The number of esters is 3. The SMILES string of the molecule is COC(=O)c1ccc(/C=C/C(=O)OCC(=O)Nc2sc3c(c2C(=O)OC)CCC3)cc1. The van der Waals surface area contributed by atoms with E-state index >= 15 is 0 Å².